The molecule has 1 aliphatic rings. The van der Waals surface area contributed by atoms with Gasteiger partial charge in [0.25, 0.3) is 0 Å². The minimum absolute atomic E-state index is 0.232. The number of nitrogens with one attached hydrogen (secondary N) is 1. The van der Waals surface area contributed by atoms with Crippen molar-refractivity contribution in [2.45, 2.75) is 45.2 Å². The number of aromatic nitrogens is 2. The molecule has 2 aromatic rings. The molecular weight excluding hydrogens is 426 g/mol. The Morgan fingerprint density at radius 3 is 2.69 bits per heavy atom. The van der Waals surface area contributed by atoms with Gasteiger partial charge in [0.05, 0.1) is 12.6 Å². The van der Waals surface area contributed by atoms with E-state index in [2.05, 4.69) is 38.8 Å². The Bertz CT molecular complexity index is 961. The highest BCUT2D eigenvalue weighted by Crippen LogP contribution is 2.15. The summed E-state index contributed by atoms with van der Waals surface area (Å²) in [6.45, 7) is 5.67. The van der Waals surface area contributed by atoms with Crippen LogP contribution in [-0.2, 0) is 27.8 Å². The van der Waals surface area contributed by atoms with Crippen molar-refractivity contribution >= 4 is 15.9 Å². The number of piperazine rings is 1. The number of carbonyl (C=O) groups excluding carboxylic acids is 1. The van der Waals surface area contributed by atoms with Crippen LogP contribution in [0.4, 0.5) is 0 Å². The molecule has 9 heteroatoms. The zero-order valence-electron chi connectivity index (χ0n) is 19.1. The second kappa shape index (κ2) is 11.6. The molecule has 0 saturated carbocycles. The lowest BCUT2D eigenvalue weighted by molar-refractivity contribution is -0.126. The predicted octanol–water partition coefficient (Wildman–Crippen LogP) is 1.73. The van der Waals surface area contributed by atoms with E-state index < -0.39 is 16.1 Å². The third-order valence-electron chi connectivity index (χ3n) is 5.90. The molecule has 1 saturated heterocycles. The van der Waals surface area contributed by atoms with E-state index in [4.69, 9.17) is 0 Å². The van der Waals surface area contributed by atoms with Gasteiger partial charge in [0.15, 0.2) is 0 Å². The van der Waals surface area contributed by atoms with Gasteiger partial charge < -0.3 is 9.88 Å². The molecule has 8 nitrogen and oxygen atoms in total. The SMILES string of the molecule is CCCCCN1CCN(S(C)(=O)=O)C(C(=O)NCCc2cncn2Cc2ccccc2)C1. The van der Waals surface area contributed by atoms with E-state index in [1.54, 1.807) is 6.33 Å². The van der Waals surface area contributed by atoms with Gasteiger partial charge in [-0.3, -0.25) is 9.69 Å². The predicted molar refractivity (Wildman–Crippen MR) is 126 cm³/mol. The second-order valence-corrected chi connectivity index (χ2v) is 10.4. The van der Waals surface area contributed by atoms with Crippen LogP contribution in [0.2, 0.25) is 0 Å². The van der Waals surface area contributed by atoms with Crippen LogP contribution in [0.3, 0.4) is 0 Å². The van der Waals surface area contributed by atoms with Crippen molar-refractivity contribution < 1.29 is 13.2 Å². The van der Waals surface area contributed by atoms with Crippen LogP contribution in [-0.4, -0.2) is 78.1 Å². The van der Waals surface area contributed by atoms with E-state index in [-0.39, 0.29) is 5.91 Å². The molecule has 1 N–H and O–H groups in total. The molecule has 3 rings (SSSR count). The van der Waals surface area contributed by atoms with E-state index in [1.165, 1.54) is 16.1 Å². The number of nitrogens with zero attached hydrogens (tertiary/aromatic N) is 4. The van der Waals surface area contributed by atoms with Crippen LogP contribution in [0.25, 0.3) is 0 Å². The van der Waals surface area contributed by atoms with Gasteiger partial charge in [0.1, 0.15) is 6.04 Å². The number of amides is 1. The Morgan fingerprint density at radius 1 is 1.19 bits per heavy atom. The Hall–Kier alpha value is -2.23. The number of hydrogen-bond acceptors (Lipinski definition) is 5. The highest BCUT2D eigenvalue weighted by Gasteiger charge is 2.37. The number of carbonyl (C=O) groups is 1. The lowest BCUT2D eigenvalue weighted by Gasteiger charge is -2.39. The van der Waals surface area contributed by atoms with Gasteiger partial charge in [0, 0.05) is 51.0 Å². The smallest absolute Gasteiger partial charge is 0.239 e. The first-order valence-corrected chi connectivity index (χ1v) is 13.2. The van der Waals surface area contributed by atoms with Crippen molar-refractivity contribution in [1.82, 2.24) is 24.1 Å². The maximum absolute atomic E-state index is 13.0. The summed E-state index contributed by atoms with van der Waals surface area (Å²) in [4.78, 5) is 19.4. The topological polar surface area (TPSA) is 87.5 Å². The van der Waals surface area contributed by atoms with Crippen molar-refractivity contribution in [1.29, 1.82) is 0 Å². The summed E-state index contributed by atoms with van der Waals surface area (Å²) < 4.78 is 27.9. The van der Waals surface area contributed by atoms with Crippen LogP contribution in [0.5, 0.6) is 0 Å². The zero-order valence-corrected chi connectivity index (χ0v) is 19.9. The van der Waals surface area contributed by atoms with Crippen molar-refractivity contribution in [3.8, 4) is 0 Å². The van der Waals surface area contributed by atoms with E-state index >= 15 is 0 Å². The van der Waals surface area contributed by atoms with Crippen LogP contribution in [0, 0.1) is 0 Å². The summed E-state index contributed by atoms with van der Waals surface area (Å²) >= 11 is 0. The van der Waals surface area contributed by atoms with Gasteiger partial charge in [-0.2, -0.15) is 4.31 Å². The third-order valence-corrected chi connectivity index (χ3v) is 7.19. The van der Waals surface area contributed by atoms with Crippen LogP contribution in [0.15, 0.2) is 42.9 Å². The maximum atomic E-state index is 13.0. The molecule has 1 atom stereocenters. The molecule has 32 heavy (non-hydrogen) atoms. The quantitative estimate of drug-likeness (QED) is 0.515. The summed E-state index contributed by atoms with van der Waals surface area (Å²) in [5.74, 6) is -0.232. The van der Waals surface area contributed by atoms with Gasteiger partial charge in [-0.1, -0.05) is 50.1 Å². The minimum Gasteiger partial charge on any atom is -0.354 e. The van der Waals surface area contributed by atoms with E-state index in [1.807, 2.05) is 24.4 Å². The Morgan fingerprint density at radius 2 is 1.97 bits per heavy atom. The van der Waals surface area contributed by atoms with E-state index in [0.717, 1.165) is 38.0 Å². The standard InChI is InChI=1S/C23H35N5O3S/c1-3-4-8-13-26-14-15-28(32(2,30)31)22(18-26)23(29)25-12-11-21-16-24-19-27(21)17-20-9-6-5-7-10-20/h5-7,9-10,16,19,22H,3-4,8,11-15,17-18H2,1-2H3,(H,25,29). The second-order valence-electron chi connectivity index (χ2n) is 8.44. The molecule has 1 unspecified atom stereocenters. The lowest BCUT2D eigenvalue weighted by Crippen LogP contribution is -2.60. The van der Waals surface area contributed by atoms with Crippen molar-refractivity contribution in [3.63, 3.8) is 0 Å². The van der Waals surface area contributed by atoms with Crippen molar-refractivity contribution in [2.75, 3.05) is 39.0 Å². The molecule has 1 fully saturated rings. The van der Waals surface area contributed by atoms with Gasteiger partial charge in [-0.05, 0) is 18.5 Å². The van der Waals surface area contributed by atoms with Crippen molar-refractivity contribution in [3.05, 3.63) is 54.1 Å². The number of hydrogen-bond donors (Lipinski definition) is 1. The third kappa shape index (κ3) is 6.88. The molecule has 1 aliphatic heterocycles. The number of rotatable bonds is 11. The van der Waals surface area contributed by atoms with Gasteiger partial charge in [0.2, 0.25) is 15.9 Å². The van der Waals surface area contributed by atoms with Crippen molar-refractivity contribution in [2.24, 2.45) is 0 Å². The first-order chi connectivity index (χ1) is 15.4. The molecule has 0 radical (unpaired) electrons. The molecule has 0 spiro atoms. The average molecular weight is 462 g/mol. The fraction of sp³-hybridized carbons (Fsp3) is 0.565. The maximum Gasteiger partial charge on any atom is 0.239 e. The van der Waals surface area contributed by atoms with Gasteiger partial charge in [-0.15, -0.1) is 0 Å². The summed E-state index contributed by atoms with van der Waals surface area (Å²) in [5, 5.41) is 2.96. The fourth-order valence-electron chi connectivity index (χ4n) is 4.13. The summed E-state index contributed by atoms with van der Waals surface area (Å²) in [6.07, 6.45) is 8.76. The molecule has 0 bridgehead atoms. The van der Waals surface area contributed by atoms with E-state index in [9.17, 15) is 13.2 Å². The molecule has 2 heterocycles. The number of benzene rings is 1. The molecule has 1 amide bonds. The Labute approximate surface area is 191 Å². The largest absolute Gasteiger partial charge is 0.354 e. The monoisotopic (exact) mass is 461 g/mol. The highest BCUT2D eigenvalue weighted by molar-refractivity contribution is 7.88. The van der Waals surface area contributed by atoms with Crippen LogP contribution >= 0.6 is 0 Å². The summed E-state index contributed by atoms with van der Waals surface area (Å²) in [7, 11) is -3.45. The first kappa shape index (κ1) is 24.4. The fourth-order valence-corrected chi connectivity index (χ4v) is 5.17. The normalized spacial score (nSPS) is 18.0. The Kier molecular flexibility index (Phi) is 8.84. The number of imidazole rings is 1. The first-order valence-electron chi connectivity index (χ1n) is 11.4. The van der Waals surface area contributed by atoms with Crippen LogP contribution < -0.4 is 5.32 Å². The average Bonchev–Trinajstić information content (AvgIpc) is 3.20. The Balaban J connectivity index is 1.57. The molecule has 1 aromatic carbocycles. The molecule has 0 aliphatic carbocycles. The molecular formula is C23H35N5O3S. The summed E-state index contributed by atoms with van der Waals surface area (Å²) in [5.41, 5.74) is 2.21. The lowest BCUT2D eigenvalue weighted by atomic mass is 10.1. The highest BCUT2D eigenvalue weighted by atomic mass is 32.2. The number of sulfonamides is 1. The molecule has 176 valence electrons. The van der Waals surface area contributed by atoms with Gasteiger partial charge >= 0.3 is 0 Å². The number of unbranched alkanes of at least 4 members (excludes halogenated alkanes) is 2. The van der Waals surface area contributed by atoms with E-state index in [0.29, 0.717) is 32.6 Å². The van der Waals surface area contributed by atoms with Gasteiger partial charge in [-0.25, -0.2) is 13.4 Å². The minimum atomic E-state index is -3.45. The molecule has 1 aromatic heterocycles. The summed E-state index contributed by atoms with van der Waals surface area (Å²) in [6, 6.07) is 9.46. The zero-order chi connectivity index (χ0) is 23.0. The van der Waals surface area contributed by atoms with Crippen LogP contribution in [0.1, 0.15) is 37.4 Å².